The van der Waals surface area contributed by atoms with Crippen LogP contribution in [0.2, 0.25) is 0 Å². The molecular weight excluding hydrogens is 350 g/mol. The number of phenols is 1. The first kappa shape index (κ1) is 17.5. The minimum atomic E-state index is 0.222. The third-order valence-electron chi connectivity index (χ3n) is 4.22. The van der Waals surface area contributed by atoms with E-state index in [2.05, 4.69) is 20.8 Å². The number of hydrogen-bond acceptors (Lipinski definition) is 6. The number of aromatic hydroxyl groups is 1. The summed E-state index contributed by atoms with van der Waals surface area (Å²) in [6, 6.07) is 24.4. The van der Waals surface area contributed by atoms with Crippen LogP contribution in [0.15, 0.2) is 84.0 Å². The highest BCUT2D eigenvalue weighted by molar-refractivity contribution is 5.99. The van der Waals surface area contributed by atoms with Gasteiger partial charge in [0.15, 0.2) is 11.6 Å². The molecule has 0 aliphatic carbocycles. The zero-order valence-electron chi connectivity index (χ0n) is 15.3. The molecule has 1 heterocycles. The maximum Gasteiger partial charge on any atom is 0.190 e. The Labute approximate surface area is 162 Å². The molecule has 0 spiro atoms. The molecule has 28 heavy (non-hydrogen) atoms. The second-order valence-electron chi connectivity index (χ2n) is 6.26. The highest BCUT2D eigenvalue weighted by Crippen LogP contribution is 2.25. The number of para-hydroxylation sites is 3. The first-order valence-electron chi connectivity index (χ1n) is 8.87. The van der Waals surface area contributed by atoms with Crippen LogP contribution < -0.4 is 10.7 Å². The van der Waals surface area contributed by atoms with Gasteiger partial charge in [-0.15, -0.1) is 0 Å². The van der Waals surface area contributed by atoms with E-state index in [4.69, 9.17) is 4.98 Å². The van der Waals surface area contributed by atoms with E-state index < -0.39 is 0 Å². The highest BCUT2D eigenvalue weighted by atomic mass is 16.3. The predicted molar refractivity (Wildman–Crippen MR) is 113 cm³/mol. The molecule has 0 amide bonds. The van der Waals surface area contributed by atoms with Crippen molar-refractivity contribution in [2.45, 2.75) is 6.92 Å². The van der Waals surface area contributed by atoms with E-state index in [1.54, 1.807) is 12.1 Å². The smallest absolute Gasteiger partial charge is 0.190 e. The third-order valence-corrected chi connectivity index (χ3v) is 4.22. The van der Waals surface area contributed by atoms with Gasteiger partial charge in [-0.05, 0) is 61.0 Å². The second kappa shape index (κ2) is 7.75. The Balaban J connectivity index is 1.68. The molecule has 0 radical (unpaired) electrons. The van der Waals surface area contributed by atoms with Crippen molar-refractivity contribution in [3.63, 3.8) is 0 Å². The zero-order valence-corrected chi connectivity index (χ0v) is 15.3. The highest BCUT2D eigenvalue weighted by Gasteiger charge is 2.09. The lowest BCUT2D eigenvalue weighted by atomic mass is 10.1. The summed E-state index contributed by atoms with van der Waals surface area (Å²) in [4.78, 5) is 9.36. The molecule has 0 atom stereocenters. The van der Waals surface area contributed by atoms with E-state index in [9.17, 15) is 5.11 Å². The molecule has 0 saturated heterocycles. The van der Waals surface area contributed by atoms with Gasteiger partial charge in [0.1, 0.15) is 5.75 Å². The number of nitrogens with zero attached hydrogens (tertiary/aromatic N) is 3. The lowest BCUT2D eigenvalue weighted by Crippen LogP contribution is -2.05. The quantitative estimate of drug-likeness (QED) is 0.344. The standard InChI is InChI=1S/C22H19N5O/c1-15(16-11-13-18(28)14-12-16)26-27-22-21(23-17-7-3-2-4-8-17)24-19-9-5-6-10-20(19)25-22/h2-14,28H,1H3,(H,23,24)(H,25,27)/b26-15+. The molecule has 3 aromatic carbocycles. The van der Waals surface area contributed by atoms with Gasteiger partial charge >= 0.3 is 0 Å². The Hall–Kier alpha value is -3.93. The topological polar surface area (TPSA) is 82.4 Å². The monoisotopic (exact) mass is 369 g/mol. The normalized spacial score (nSPS) is 11.4. The number of aromatic nitrogens is 2. The molecule has 0 unspecified atom stereocenters. The number of phenolic OH excluding ortho intramolecular Hbond substituents is 1. The van der Waals surface area contributed by atoms with Crippen LogP contribution in [0.5, 0.6) is 5.75 Å². The number of rotatable bonds is 5. The van der Waals surface area contributed by atoms with Gasteiger partial charge < -0.3 is 10.4 Å². The molecule has 4 rings (SSSR count). The van der Waals surface area contributed by atoms with Crippen LogP contribution in [0.25, 0.3) is 11.0 Å². The van der Waals surface area contributed by atoms with Gasteiger partial charge in [0.25, 0.3) is 0 Å². The van der Waals surface area contributed by atoms with Crippen molar-refractivity contribution >= 4 is 34.1 Å². The van der Waals surface area contributed by atoms with Crippen LogP contribution in [0.3, 0.4) is 0 Å². The average molecular weight is 369 g/mol. The first-order valence-corrected chi connectivity index (χ1v) is 8.87. The summed E-state index contributed by atoms with van der Waals surface area (Å²) in [6.45, 7) is 1.89. The van der Waals surface area contributed by atoms with E-state index in [1.165, 1.54) is 0 Å². The second-order valence-corrected chi connectivity index (χ2v) is 6.26. The summed E-state index contributed by atoms with van der Waals surface area (Å²) in [5, 5.41) is 17.2. The third kappa shape index (κ3) is 3.91. The molecule has 4 aromatic rings. The summed E-state index contributed by atoms with van der Waals surface area (Å²) >= 11 is 0. The van der Waals surface area contributed by atoms with Crippen molar-refractivity contribution in [2.75, 3.05) is 10.7 Å². The molecule has 138 valence electrons. The lowest BCUT2D eigenvalue weighted by molar-refractivity contribution is 0.475. The van der Waals surface area contributed by atoms with Gasteiger partial charge in [0, 0.05) is 5.69 Å². The van der Waals surface area contributed by atoms with Crippen LogP contribution in [0.1, 0.15) is 12.5 Å². The molecule has 0 aliphatic heterocycles. The number of anilines is 3. The molecule has 6 nitrogen and oxygen atoms in total. The molecule has 0 saturated carbocycles. The molecular formula is C22H19N5O. The lowest BCUT2D eigenvalue weighted by Gasteiger charge is -2.12. The summed E-state index contributed by atoms with van der Waals surface area (Å²) in [7, 11) is 0. The number of nitrogens with one attached hydrogen (secondary N) is 2. The van der Waals surface area contributed by atoms with Crippen LogP contribution in [0.4, 0.5) is 17.3 Å². The average Bonchev–Trinajstić information content (AvgIpc) is 2.73. The van der Waals surface area contributed by atoms with Crippen LogP contribution in [0, 0.1) is 0 Å². The molecule has 6 heteroatoms. The van der Waals surface area contributed by atoms with Crippen molar-refractivity contribution in [1.29, 1.82) is 0 Å². The van der Waals surface area contributed by atoms with Crippen molar-refractivity contribution in [2.24, 2.45) is 5.10 Å². The van der Waals surface area contributed by atoms with Crippen LogP contribution >= 0.6 is 0 Å². The van der Waals surface area contributed by atoms with Gasteiger partial charge in [-0.1, -0.05) is 30.3 Å². The largest absolute Gasteiger partial charge is 0.508 e. The van der Waals surface area contributed by atoms with E-state index in [-0.39, 0.29) is 5.75 Å². The maximum atomic E-state index is 9.44. The summed E-state index contributed by atoms with van der Waals surface area (Å²) in [6.07, 6.45) is 0. The minimum absolute atomic E-state index is 0.222. The molecule has 1 aromatic heterocycles. The van der Waals surface area contributed by atoms with Gasteiger partial charge in [-0.2, -0.15) is 5.10 Å². The van der Waals surface area contributed by atoms with Crippen molar-refractivity contribution < 1.29 is 5.11 Å². The Morgan fingerprint density at radius 1 is 0.786 bits per heavy atom. The van der Waals surface area contributed by atoms with Crippen molar-refractivity contribution in [1.82, 2.24) is 9.97 Å². The summed E-state index contributed by atoms with van der Waals surface area (Å²) in [5.41, 5.74) is 7.18. The Morgan fingerprint density at radius 3 is 2.07 bits per heavy atom. The summed E-state index contributed by atoms with van der Waals surface area (Å²) < 4.78 is 0. The van der Waals surface area contributed by atoms with Gasteiger partial charge in [0.05, 0.1) is 16.7 Å². The Bertz CT molecular complexity index is 1120. The zero-order chi connectivity index (χ0) is 19.3. The fourth-order valence-corrected chi connectivity index (χ4v) is 2.73. The number of benzene rings is 3. The fourth-order valence-electron chi connectivity index (χ4n) is 2.73. The molecule has 0 bridgehead atoms. The number of hydrazone groups is 1. The first-order chi connectivity index (χ1) is 13.7. The Kier molecular flexibility index (Phi) is 4.84. The molecule has 0 aliphatic rings. The van der Waals surface area contributed by atoms with E-state index in [1.807, 2.05) is 73.7 Å². The molecule has 0 fully saturated rings. The van der Waals surface area contributed by atoms with Crippen LogP contribution in [-0.4, -0.2) is 20.8 Å². The maximum absolute atomic E-state index is 9.44. The minimum Gasteiger partial charge on any atom is -0.508 e. The molecule has 3 N–H and O–H groups in total. The summed E-state index contributed by atoms with van der Waals surface area (Å²) in [5.74, 6) is 1.34. The van der Waals surface area contributed by atoms with Crippen molar-refractivity contribution in [3.8, 4) is 5.75 Å². The fraction of sp³-hybridized carbons (Fsp3) is 0.0455. The van der Waals surface area contributed by atoms with Gasteiger partial charge in [0.2, 0.25) is 0 Å². The number of hydrogen-bond donors (Lipinski definition) is 3. The van der Waals surface area contributed by atoms with E-state index in [0.29, 0.717) is 11.6 Å². The Morgan fingerprint density at radius 2 is 1.39 bits per heavy atom. The van der Waals surface area contributed by atoms with E-state index >= 15 is 0 Å². The number of fused-ring (bicyclic) bond motifs is 1. The van der Waals surface area contributed by atoms with E-state index in [0.717, 1.165) is 28.0 Å². The predicted octanol–water partition coefficient (Wildman–Crippen LogP) is 4.92. The van der Waals surface area contributed by atoms with Crippen molar-refractivity contribution in [3.05, 3.63) is 84.4 Å². The SMILES string of the molecule is C/C(=N\Nc1nc2ccccc2nc1Nc1ccccc1)c1ccc(O)cc1. The van der Waals surface area contributed by atoms with Crippen LogP contribution in [-0.2, 0) is 0 Å². The van der Waals surface area contributed by atoms with Gasteiger partial charge in [-0.3, -0.25) is 5.43 Å². The van der Waals surface area contributed by atoms with Gasteiger partial charge in [-0.25, -0.2) is 9.97 Å².